The molecule has 1 aliphatic heterocycles. The molecule has 2 aromatic carbocycles. The van der Waals surface area contributed by atoms with Gasteiger partial charge in [-0.3, -0.25) is 4.79 Å². The summed E-state index contributed by atoms with van der Waals surface area (Å²) in [5.74, 6) is 1.44. The maximum atomic E-state index is 12.9. The van der Waals surface area contributed by atoms with Crippen LogP contribution in [-0.2, 0) is 0 Å². The van der Waals surface area contributed by atoms with Gasteiger partial charge in [0.15, 0.2) is 5.65 Å². The van der Waals surface area contributed by atoms with Gasteiger partial charge in [0, 0.05) is 46.7 Å². The lowest BCUT2D eigenvalue weighted by Gasteiger charge is -2.32. The largest absolute Gasteiger partial charge is 0.370 e. The Bertz CT molecular complexity index is 1350. The molecular formula is C26H25BrClN5OS. The monoisotopic (exact) mass is 569 g/mol. The molecule has 5 rings (SSSR count). The van der Waals surface area contributed by atoms with Gasteiger partial charge in [-0.25, -0.2) is 4.98 Å². The van der Waals surface area contributed by atoms with Crippen LogP contribution < -0.4 is 5.32 Å². The average molecular weight is 571 g/mol. The number of rotatable bonds is 6. The highest BCUT2D eigenvalue weighted by Crippen LogP contribution is 2.31. The predicted octanol–water partition coefficient (Wildman–Crippen LogP) is 6.50. The minimum atomic E-state index is 0.116. The molecule has 1 amide bonds. The number of halogens is 2. The number of likely N-dealkylation sites (tertiary alicyclic amines) is 1. The SMILES string of the molecule is CSc1ccc(C(=O)N2CCC(CNc3cc(-c4ccccc4Cl)nc4c(Br)cnn34)CC2)cc1. The summed E-state index contributed by atoms with van der Waals surface area (Å²) in [6, 6.07) is 17.6. The highest BCUT2D eigenvalue weighted by Gasteiger charge is 2.24. The molecule has 1 fully saturated rings. The van der Waals surface area contributed by atoms with E-state index in [1.54, 1.807) is 22.5 Å². The molecule has 0 atom stereocenters. The van der Waals surface area contributed by atoms with E-state index in [1.165, 1.54) is 4.90 Å². The van der Waals surface area contributed by atoms with Gasteiger partial charge in [0.1, 0.15) is 5.82 Å². The van der Waals surface area contributed by atoms with Crippen molar-refractivity contribution >= 4 is 56.7 Å². The van der Waals surface area contributed by atoms with Crippen LogP contribution in [0.25, 0.3) is 16.9 Å². The zero-order valence-corrected chi connectivity index (χ0v) is 22.4. The summed E-state index contributed by atoms with van der Waals surface area (Å²) in [4.78, 5) is 20.8. The number of hydrogen-bond donors (Lipinski definition) is 1. The number of benzene rings is 2. The molecule has 0 unspecified atom stereocenters. The smallest absolute Gasteiger partial charge is 0.253 e. The topological polar surface area (TPSA) is 62.5 Å². The van der Waals surface area contributed by atoms with E-state index < -0.39 is 0 Å². The molecule has 0 spiro atoms. The van der Waals surface area contributed by atoms with Crippen molar-refractivity contribution in [1.29, 1.82) is 0 Å². The van der Waals surface area contributed by atoms with Gasteiger partial charge in [-0.05, 0) is 71.3 Å². The number of anilines is 1. The Morgan fingerprint density at radius 3 is 2.63 bits per heavy atom. The molecule has 180 valence electrons. The number of nitrogens with one attached hydrogen (secondary N) is 1. The molecule has 6 nitrogen and oxygen atoms in total. The minimum Gasteiger partial charge on any atom is -0.370 e. The third-order valence-electron chi connectivity index (χ3n) is 6.39. The summed E-state index contributed by atoms with van der Waals surface area (Å²) in [5.41, 5.74) is 3.16. The van der Waals surface area contributed by atoms with Crippen LogP contribution in [0, 0.1) is 5.92 Å². The van der Waals surface area contributed by atoms with Crippen LogP contribution in [0.1, 0.15) is 23.2 Å². The minimum absolute atomic E-state index is 0.116. The summed E-state index contributed by atoms with van der Waals surface area (Å²) in [7, 11) is 0. The number of thioether (sulfide) groups is 1. The van der Waals surface area contributed by atoms with Gasteiger partial charge in [0.25, 0.3) is 5.91 Å². The van der Waals surface area contributed by atoms with Gasteiger partial charge in [-0.15, -0.1) is 11.8 Å². The lowest BCUT2D eigenvalue weighted by atomic mass is 9.96. The molecule has 1 aliphatic rings. The van der Waals surface area contributed by atoms with Gasteiger partial charge < -0.3 is 10.2 Å². The van der Waals surface area contributed by atoms with Crippen LogP contribution in [-0.4, -0.2) is 51.3 Å². The Morgan fingerprint density at radius 2 is 1.91 bits per heavy atom. The van der Waals surface area contributed by atoms with Crippen molar-refractivity contribution in [3.8, 4) is 11.3 Å². The molecule has 0 saturated carbocycles. The zero-order chi connectivity index (χ0) is 24.4. The third kappa shape index (κ3) is 5.20. The molecule has 1 saturated heterocycles. The Balaban J connectivity index is 1.26. The van der Waals surface area contributed by atoms with Crippen molar-refractivity contribution in [2.45, 2.75) is 17.7 Å². The highest BCUT2D eigenvalue weighted by atomic mass is 79.9. The van der Waals surface area contributed by atoms with E-state index >= 15 is 0 Å². The molecule has 0 aliphatic carbocycles. The van der Waals surface area contributed by atoms with E-state index in [1.807, 2.05) is 65.8 Å². The standard InChI is InChI=1S/C26H25BrClN5OS/c1-35-19-8-6-18(7-9-19)26(34)32-12-10-17(11-13-32)15-29-24-14-23(20-4-2-3-5-22(20)28)31-25-21(27)16-30-33(24)25/h2-9,14,16-17,29H,10-13,15H2,1H3. The molecular weight excluding hydrogens is 546 g/mol. The van der Waals surface area contributed by atoms with Gasteiger partial charge in [0.2, 0.25) is 0 Å². The molecule has 2 aromatic heterocycles. The maximum Gasteiger partial charge on any atom is 0.253 e. The average Bonchev–Trinajstić information content (AvgIpc) is 3.28. The number of fused-ring (bicyclic) bond motifs is 1. The number of amides is 1. The number of nitrogens with zero attached hydrogens (tertiary/aromatic N) is 4. The van der Waals surface area contributed by atoms with Gasteiger partial charge in [-0.1, -0.05) is 29.8 Å². The van der Waals surface area contributed by atoms with Crippen LogP contribution in [0.5, 0.6) is 0 Å². The second-order valence-corrected chi connectivity index (χ2v) is 10.7. The van der Waals surface area contributed by atoms with E-state index in [0.29, 0.717) is 10.9 Å². The zero-order valence-electron chi connectivity index (χ0n) is 19.2. The molecule has 9 heteroatoms. The summed E-state index contributed by atoms with van der Waals surface area (Å²) in [5, 5.41) is 8.72. The molecule has 0 bridgehead atoms. The van der Waals surface area contributed by atoms with Crippen LogP contribution in [0.4, 0.5) is 5.82 Å². The van der Waals surface area contributed by atoms with E-state index in [0.717, 1.165) is 65.2 Å². The first kappa shape index (κ1) is 24.2. The second-order valence-electron chi connectivity index (χ2n) is 8.58. The fraction of sp³-hybridized carbons (Fsp3) is 0.269. The Hall–Kier alpha value is -2.55. The van der Waals surface area contributed by atoms with Crippen molar-refractivity contribution in [2.75, 3.05) is 31.2 Å². The van der Waals surface area contributed by atoms with Gasteiger partial charge in [-0.2, -0.15) is 9.61 Å². The summed E-state index contributed by atoms with van der Waals surface area (Å²) >= 11 is 11.7. The first-order chi connectivity index (χ1) is 17.0. The quantitative estimate of drug-likeness (QED) is 0.268. The summed E-state index contributed by atoms with van der Waals surface area (Å²) < 4.78 is 2.63. The lowest BCUT2D eigenvalue weighted by Crippen LogP contribution is -2.40. The Labute approximate surface area is 222 Å². The van der Waals surface area contributed by atoms with Crippen molar-refractivity contribution in [2.24, 2.45) is 5.92 Å². The number of piperidine rings is 1. The van der Waals surface area contributed by atoms with E-state index in [-0.39, 0.29) is 5.91 Å². The molecule has 3 heterocycles. The van der Waals surface area contributed by atoms with Crippen LogP contribution >= 0.6 is 39.3 Å². The van der Waals surface area contributed by atoms with Crippen LogP contribution in [0.3, 0.4) is 0 Å². The molecule has 35 heavy (non-hydrogen) atoms. The summed E-state index contributed by atoms with van der Waals surface area (Å²) in [6.45, 7) is 2.32. The fourth-order valence-corrected chi connectivity index (χ4v) is 5.36. The lowest BCUT2D eigenvalue weighted by molar-refractivity contribution is 0.0695. The van der Waals surface area contributed by atoms with E-state index in [9.17, 15) is 4.79 Å². The Morgan fingerprint density at radius 1 is 1.17 bits per heavy atom. The fourth-order valence-electron chi connectivity index (χ4n) is 4.37. The molecule has 0 radical (unpaired) electrons. The predicted molar refractivity (Wildman–Crippen MR) is 146 cm³/mol. The van der Waals surface area contributed by atoms with Gasteiger partial charge >= 0.3 is 0 Å². The van der Waals surface area contributed by atoms with Crippen LogP contribution in [0.15, 0.2) is 70.2 Å². The second kappa shape index (κ2) is 10.6. The summed E-state index contributed by atoms with van der Waals surface area (Å²) in [6.07, 6.45) is 5.70. The van der Waals surface area contributed by atoms with Gasteiger partial charge in [0.05, 0.1) is 16.4 Å². The van der Waals surface area contributed by atoms with Crippen molar-refractivity contribution in [3.63, 3.8) is 0 Å². The molecule has 4 aromatic rings. The first-order valence-electron chi connectivity index (χ1n) is 11.5. The number of aromatic nitrogens is 3. The Kier molecular flexibility index (Phi) is 7.32. The maximum absolute atomic E-state index is 12.9. The van der Waals surface area contributed by atoms with E-state index in [4.69, 9.17) is 16.6 Å². The van der Waals surface area contributed by atoms with Crippen LogP contribution in [0.2, 0.25) is 5.02 Å². The van der Waals surface area contributed by atoms with Crippen molar-refractivity contribution in [3.05, 3.63) is 75.9 Å². The normalized spacial score (nSPS) is 14.4. The number of carbonyl (C=O) groups excluding carboxylic acids is 1. The number of hydrogen-bond acceptors (Lipinski definition) is 5. The first-order valence-corrected chi connectivity index (χ1v) is 13.9. The highest BCUT2D eigenvalue weighted by molar-refractivity contribution is 9.10. The third-order valence-corrected chi connectivity index (χ3v) is 8.02. The molecule has 1 N–H and O–H groups in total. The number of carbonyl (C=O) groups is 1. The van der Waals surface area contributed by atoms with Crippen molar-refractivity contribution < 1.29 is 4.79 Å². The van der Waals surface area contributed by atoms with E-state index in [2.05, 4.69) is 26.3 Å². The van der Waals surface area contributed by atoms with Crippen molar-refractivity contribution in [1.82, 2.24) is 19.5 Å².